The molecule has 0 fully saturated rings. The van der Waals surface area contributed by atoms with E-state index in [4.69, 9.17) is 21.1 Å². The number of carbonyl (C=O) groups is 1. The Labute approximate surface area is 232 Å². The van der Waals surface area contributed by atoms with Crippen molar-refractivity contribution in [2.45, 2.75) is 38.4 Å². The maximum atomic E-state index is 13.4. The summed E-state index contributed by atoms with van der Waals surface area (Å²) < 4.78 is 56.2. The Morgan fingerprint density at radius 1 is 1.15 bits per heavy atom. The Morgan fingerprint density at radius 3 is 2.56 bits per heavy atom. The van der Waals surface area contributed by atoms with Crippen LogP contribution < -0.4 is 4.74 Å². The van der Waals surface area contributed by atoms with Gasteiger partial charge in [0.1, 0.15) is 11.5 Å². The molecule has 0 aliphatic heterocycles. The van der Waals surface area contributed by atoms with Crippen molar-refractivity contribution in [1.82, 2.24) is 4.90 Å². The number of hydrogen-bond acceptors (Lipinski definition) is 5. The van der Waals surface area contributed by atoms with Crippen LogP contribution in [0.3, 0.4) is 0 Å². The molecular formula is C30H33ClF3NO4. The van der Waals surface area contributed by atoms with Gasteiger partial charge in [-0.05, 0) is 53.3 Å². The monoisotopic (exact) mass is 563 g/mol. The maximum absolute atomic E-state index is 13.4. The van der Waals surface area contributed by atoms with E-state index >= 15 is 0 Å². The van der Waals surface area contributed by atoms with E-state index in [-0.39, 0.29) is 17.5 Å². The van der Waals surface area contributed by atoms with Gasteiger partial charge in [-0.1, -0.05) is 54.9 Å². The van der Waals surface area contributed by atoms with Gasteiger partial charge in [0.15, 0.2) is 0 Å². The molecule has 2 aromatic carbocycles. The highest BCUT2D eigenvalue weighted by Crippen LogP contribution is 2.36. The fraction of sp³-hybridized carbons (Fsp3) is 0.367. The van der Waals surface area contributed by atoms with Crippen molar-refractivity contribution in [1.29, 1.82) is 0 Å². The highest BCUT2D eigenvalue weighted by atomic mass is 35.5. The van der Waals surface area contributed by atoms with Crippen molar-refractivity contribution in [3.05, 3.63) is 99.8 Å². The van der Waals surface area contributed by atoms with Crippen molar-refractivity contribution < 1.29 is 32.2 Å². The molecule has 0 aromatic heterocycles. The van der Waals surface area contributed by atoms with Gasteiger partial charge in [-0.3, -0.25) is 4.90 Å². The molecule has 0 spiro atoms. The first kappa shape index (κ1) is 30.3. The second-order valence-corrected chi connectivity index (χ2v) is 9.68. The molecule has 0 radical (unpaired) electrons. The van der Waals surface area contributed by atoms with Gasteiger partial charge in [0.05, 0.1) is 31.4 Å². The van der Waals surface area contributed by atoms with E-state index in [2.05, 4.69) is 16.6 Å². The number of benzene rings is 2. The standard InChI is InChI=1S/C30H33ClF3NO4/c1-21(23-11-13-25(37-2)14-12-23)19-35(20-24-8-5-10-27(29(24)31)30(32,33)34)15-6-16-39-26-9-4-7-22(17-26)18-28(36)38-3/h4-5,7-14,18,21H,6,15-17,19-20H2,1-3H3. The Bertz CT molecular complexity index is 1210. The highest BCUT2D eigenvalue weighted by molar-refractivity contribution is 6.32. The molecule has 9 heteroatoms. The number of alkyl halides is 3. The first-order valence-electron chi connectivity index (χ1n) is 12.6. The molecule has 0 N–H and O–H groups in total. The number of carbonyl (C=O) groups excluding carboxylic acids is 1. The van der Waals surface area contributed by atoms with E-state index in [1.165, 1.54) is 19.3 Å². The van der Waals surface area contributed by atoms with Gasteiger partial charge >= 0.3 is 12.1 Å². The van der Waals surface area contributed by atoms with Crippen molar-refractivity contribution in [2.75, 3.05) is 33.9 Å². The molecule has 1 aliphatic rings. The van der Waals surface area contributed by atoms with Crippen LogP contribution in [-0.4, -0.2) is 44.8 Å². The lowest BCUT2D eigenvalue weighted by atomic mass is 10.00. The van der Waals surface area contributed by atoms with Gasteiger partial charge in [-0.2, -0.15) is 13.2 Å². The van der Waals surface area contributed by atoms with Crippen LogP contribution in [0, 0.1) is 0 Å². The zero-order valence-electron chi connectivity index (χ0n) is 22.3. The largest absolute Gasteiger partial charge is 0.498 e. The fourth-order valence-electron chi connectivity index (χ4n) is 4.32. The van der Waals surface area contributed by atoms with Crippen molar-refractivity contribution in [3.8, 4) is 5.75 Å². The second-order valence-electron chi connectivity index (χ2n) is 9.30. The van der Waals surface area contributed by atoms with Crippen LogP contribution in [0.5, 0.6) is 5.75 Å². The van der Waals surface area contributed by atoms with Gasteiger partial charge in [-0.15, -0.1) is 0 Å². The summed E-state index contributed by atoms with van der Waals surface area (Å²) >= 11 is 6.21. The third kappa shape index (κ3) is 9.18. The smallest absolute Gasteiger partial charge is 0.417 e. The molecule has 3 rings (SSSR count). The summed E-state index contributed by atoms with van der Waals surface area (Å²) in [5, 5.41) is -0.271. The van der Waals surface area contributed by atoms with Gasteiger partial charge in [0.25, 0.3) is 0 Å². The Kier molecular flexibility index (Phi) is 11.1. The molecule has 1 aliphatic carbocycles. The van der Waals surface area contributed by atoms with Crippen LogP contribution >= 0.6 is 11.6 Å². The minimum atomic E-state index is -4.52. The number of allylic oxidation sites excluding steroid dienone is 4. The third-order valence-electron chi connectivity index (χ3n) is 6.38. The molecule has 0 bridgehead atoms. The number of esters is 1. The third-order valence-corrected chi connectivity index (χ3v) is 6.82. The SMILES string of the molecule is COC(=O)C=C1C=CC=C(OCCCN(Cc2cccc(C(F)(F)F)c2Cl)CC(C)c2ccc(OC)cc2)C1. The Hall–Kier alpha value is -3.23. The average Bonchev–Trinajstić information content (AvgIpc) is 2.91. The van der Waals surface area contributed by atoms with Crippen molar-refractivity contribution >= 4 is 17.6 Å². The Morgan fingerprint density at radius 2 is 1.90 bits per heavy atom. The molecule has 210 valence electrons. The minimum absolute atomic E-state index is 0.110. The lowest BCUT2D eigenvalue weighted by Crippen LogP contribution is -2.29. The number of rotatable bonds is 12. The van der Waals surface area contributed by atoms with E-state index < -0.39 is 17.7 Å². The van der Waals surface area contributed by atoms with Crippen LogP contribution in [0.4, 0.5) is 13.2 Å². The predicted molar refractivity (Wildman–Crippen MR) is 146 cm³/mol. The molecule has 0 heterocycles. The van der Waals surface area contributed by atoms with Crippen LogP contribution in [0.2, 0.25) is 5.02 Å². The summed E-state index contributed by atoms with van der Waals surface area (Å²) in [5.74, 6) is 1.17. The molecule has 5 nitrogen and oxygen atoms in total. The number of nitrogens with zero attached hydrogens (tertiary/aromatic N) is 1. The first-order chi connectivity index (χ1) is 18.6. The molecule has 0 saturated heterocycles. The molecule has 0 saturated carbocycles. The molecule has 2 aromatic rings. The summed E-state index contributed by atoms with van der Waals surface area (Å²) in [6, 6.07) is 11.8. The topological polar surface area (TPSA) is 48.0 Å². The lowest BCUT2D eigenvalue weighted by molar-refractivity contribution is -0.137. The predicted octanol–water partition coefficient (Wildman–Crippen LogP) is 7.32. The summed E-state index contributed by atoms with van der Waals surface area (Å²) in [6.07, 6.45) is 3.50. The minimum Gasteiger partial charge on any atom is -0.498 e. The summed E-state index contributed by atoms with van der Waals surface area (Å²) in [6.45, 7) is 3.94. The van der Waals surface area contributed by atoms with Crippen LogP contribution in [0.1, 0.15) is 42.4 Å². The number of ether oxygens (including phenoxy) is 3. The lowest BCUT2D eigenvalue weighted by Gasteiger charge is -2.27. The number of halogens is 4. The van der Waals surface area contributed by atoms with E-state index in [1.807, 2.05) is 42.5 Å². The van der Waals surface area contributed by atoms with Gasteiger partial charge in [0, 0.05) is 32.1 Å². The molecule has 1 unspecified atom stereocenters. The molecule has 0 amide bonds. The van der Waals surface area contributed by atoms with Gasteiger partial charge < -0.3 is 14.2 Å². The van der Waals surface area contributed by atoms with Crippen LogP contribution in [0.25, 0.3) is 0 Å². The van der Waals surface area contributed by atoms with Crippen molar-refractivity contribution in [2.24, 2.45) is 0 Å². The summed E-state index contributed by atoms with van der Waals surface area (Å²) in [4.78, 5) is 13.6. The van der Waals surface area contributed by atoms with E-state index in [0.717, 1.165) is 28.7 Å². The molecule has 1 atom stereocenters. The van der Waals surface area contributed by atoms with Crippen LogP contribution in [-0.2, 0) is 27.0 Å². The molecular weight excluding hydrogens is 531 g/mol. The molecule has 39 heavy (non-hydrogen) atoms. The average molecular weight is 564 g/mol. The maximum Gasteiger partial charge on any atom is 0.417 e. The van der Waals surface area contributed by atoms with Crippen molar-refractivity contribution in [3.63, 3.8) is 0 Å². The van der Waals surface area contributed by atoms with Gasteiger partial charge in [0.2, 0.25) is 0 Å². The van der Waals surface area contributed by atoms with E-state index in [9.17, 15) is 18.0 Å². The summed E-state index contributed by atoms with van der Waals surface area (Å²) in [7, 11) is 2.93. The van der Waals surface area contributed by atoms with E-state index in [1.54, 1.807) is 13.2 Å². The normalized spacial score (nSPS) is 15.3. The first-order valence-corrected chi connectivity index (χ1v) is 13.0. The number of methoxy groups -OCH3 is 2. The zero-order chi connectivity index (χ0) is 28.4. The quantitative estimate of drug-likeness (QED) is 0.154. The van der Waals surface area contributed by atoms with Crippen LogP contribution in [0.15, 0.2) is 78.1 Å². The zero-order valence-corrected chi connectivity index (χ0v) is 23.0. The summed E-state index contributed by atoms with van der Waals surface area (Å²) in [5.41, 5.74) is 1.47. The second kappa shape index (κ2) is 14.2. The highest BCUT2D eigenvalue weighted by Gasteiger charge is 2.34. The van der Waals surface area contributed by atoms with E-state index in [0.29, 0.717) is 38.1 Å². The Balaban J connectivity index is 1.67. The fourth-order valence-corrected chi connectivity index (χ4v) is 4.61. The number of hydrogen-bond donors (Lipinski definition) is 0. The van der Waals surface area contributed by atoms with Gasteiger partial charge in [-0.25, -0.2) is 4.79 Å².